The Hall–Kier alpha value is -2.74. The number of ether oxygens (including phenoxy) is 2. The van der Waals surface area contributed by atoms with Gasteiger partial charge in [0.2, 0.25) is 5.91 Å². The molecule has 1 N–H and O–H groups in total. The van der Waals surface area contributed by atoms with Crippen LogP contribution >= 0.6 is 0 Å². The standard InChI is InChI=1S/C20H24N2O5S/c1-13-10-18(27-4)19(11-14(13)2)28(24,25)21-15-7-8-16(17(12-15)26-3)22-9-5-6-20(22)23/h7-8,10-12,21H,5-6,9H2,1-4H3. The van der Waals surface area contributed by atoms with Crippen LogP contribution in [0.1, 0.15) is 24.0 Å². The highest BCUT2D eigenvalue weighted by molar-refractivity contribution is 7.92. The summed E-state index contributed by atoms with van der Waals surface area (Å²) in [5.74, 6) is 0.746. The lowest BCUT2D eigenvalue weighted by Gasteiger charge is -2.20. The summed E-state index contributed by atoms with van der Waals surface area (Å²) in [5, 5.41) is 0. The number of methoxy groups -OCH3 is 2. The number of hydrogen-bond acceptors (Lipinski definition) is 5. The van der Waals surface area contributed by atoms with Crippen molar-refractivity contribution in [1.29, 1.82) is 0 Å². The molecule has 0 radical (unpaired) electrons. The third kappa shape index (κ3) is 3.77. The van der Waals surface area contributed by atoms with Crippen molar-refractivity contribution >= 4 is 27.3 Å². The van der Waals surface area contributed by atoms with Crippen LogP contribution in [0.5, 0.6) is 11.5 Å². The Morgan fingerprint density at radius 1 is 1.00 bits per heavy atom. The van der Waals surface area contributed by atoms with Crippen LogP contribution in [0.15, 0.2) is 35.2 Å². The molecule has 0 aliphatic carbocycles. The number of hydrogen-bond donors (Lipinski definition) is 1. The van der Waals surface area contributed by atoms with Crippen LogP contribution in [0.4, 0.5) is 11.4 Å². The molecule has 150 valence electrons. The first-order valence-electron chi connectivity index (χ1n) is 8.93. The summed E-state index contributed by atoms with van der Waals surface area (Å²) in [6.45, 7) is 4.36. The lowest BCUT2D eigenvalue weighted by atomic mass is 10.1. The van der Waals surface area contributed by atoms with Gasteiger partial charge in [-0.3, -0.25) is 9.52 Å². The van der Waals surface area contributed by atoms with Gasteiger partial charge in [0.1, 0.15) is 16.4 Å². The minimum absolute atomic E-state index is 0.0338. The van der Waals surface area contributed by atoms with Crippen LogP contribution < -0.4 is 19.1 Å². The fourth-order valence-electron chi connectivity index (χ4n) is 3.21. The number of nitrogens with zero attached hydrogens (tertiary/aromatic N) is 1. The van der Waals surface area contributed by atoms with E-state index in [0.29, 0.717) is 30.1 Å². The van der Waals surface area contributed by atoms with Gasteiger partial charge in [-0.15, -0.1) is 0 Å². The number of anilines is 2. The summed E-state index contributed by atoms with van der Waals surface area (Å²) in [7, 11) is -0.945. The maximum atomic E-state index is 12.9. The predicted octanol–water partition coefficient (Wildman–Crippen LogP) is 3.25. The summed E-state index contributed by atoms with van der Waals surface area (Å²) in [6, 6.07) is 8.18. The molecule has 2 aromatic rings. The first kappa shape index (κ1) is 20.0. The summed E-state index contributed by atoms with van der Waals surface area (Å²) in [5.41, 5.74) is 2.77. The number of nitrogens with one attached hydrogen (secondary N) is 1. The summed E-state index contributed by atoms with van der Waals surface area (Å²) < 4.78 is 39.1. The van der Waals surface area contributed by atoms with Crippen molar-refractivity contribution in [2.45, 2.75) is 31.6 Å². The van der Waals surface area contributed by atoms with Crippen LogP contribution in [0.25, 0.3) is 0 Å². The zero-order chi connectivity index (χ0) is 20.5. The molecule has 7 nitrogen and oxygen atoms in total. The Balaban J connectivity index is 1.95. The monoisotopic (exact) mass is 404 g/mol. The molecular formula is C20H24N2O5S. The van der Waals surface area contributed by atoms with Crippen molar-refractivity contribution in [2.24, 2.45) is 0 Å². The molecular weight excluding hydrogens is 380 g/mol. The Labute approximate surface area is 165 Å². The average Bonchev–Trinajstić information content (AvgIpc) is 3.08. The van der Waals surface area contributed by atoms with E-state index >= 15 is 0 Å². The summed E-state index contributed by atoms with van der Waals surface area (Å²) in [6.07, 6.45) is 1.30. The van der Waals surface area contributed by atoms with Crippen molar-refractivity contribution in [3.05, 3.63) is 41.5 Å². The number of carbonyl (C=O) groups is 1. The van der Waals surface area contributed by atoms with E-state index in [4.69, 9.17) is 9.47 Å². The van der Waals surface area contributed by atoms with Crippen LogP contribution in [0.2, 0.25) is 0 Å². The Morgan fingerprint density at radius 2 is 1.68 bits per heavy atom. The van der Waals surface area contributed by atoms with Gasteiger partial charge in [-0.05, 0) is 55.7 Å². The average molecular weight is 404 g/mol. The van der Waals surface area contributed by atoms with Crippen molar-refractivity contribution < 1.29 is 22.7 Å². The van der Waals surface area contributed by atoms with Gasteiger partial charge in [-0.2, -0.15) is 0 Å². The van der Waals surface area contributed by atoms with Crippen LogP contribution in [0, 0.1) is 13.8 Å². The molecule has 1 aliphatic heterocycles. The van der Waals surface area contributed by atoms with Gasteiger partial charge in [-0.1, -0.05) is 0 Å². The minimum Gasteiger partial charge on any atom is -0.495 e. The van der Waals surface area contributed by atoms with Gasteiger partial charge >= 0.3 is 0 Å². The quantitative estimate of drug-likeness (QED) is 0.799. The lowest BCUT2D eigenvalue weighted by molar-refractivity contribution is -0.117. The third-order valence-corrected chi connectivity index (χ3v) is 6.27. The number of sulfonamides is 1. The number of benzene rings is 2. The molecule has 1 amide bonds. The first-order valence-corrected chi connectivity index (χ1v) is 10.4. The lowest BCUT2D eigenvalue weighted by Crippen LogP contribution is -2.24. The van der Waals surface area contributed by atoms with Gasteiger partial charge in [-0.25, -0.2) is 8.42 Å². The highest BCUT2D eigenvalue weighted by atomic mass is 32.2. The Bertz CT molecular complexity index is 1020. The molecule has 1 fully saturated rings. The largest absolute Gasteiger partial charge is 0.495 e. The molecule has 1 heterocycles. The van der Waals surface area contributed by atoms with Gasteiger partial charge in [0.05, 0.1) is 25.6 Å². The number of carbonyl (C=O) groups excluding carboxylic acids is 1. The van der Waals surface area contributed by atoms with Gasteiger partial charge < -0.3 is 14.4 Å². The predicted molar refractivity (Wildman–Crippen MR) is 108 cm³/mol. The summed E-state index contributed by atoms with van der Waals surface area (Å²) >= 11 is 0. The molecule has 0 atom stereocenters. The molecule has 0 aromatic heterocycles. The zero-order valence-electron chi connectivity index (χ0n) is 16.4. The van der Waals surface area contributed by atoms with Crippen molar-refractivity contribution in [3.8, 4) is 11.5 Å². The van der Waals surface area contributed by atoms with Crippen molar-refractivity contribution in [1.82, 2.24) is 0 Å². The van der Waals surface area contributed by atoms with E-state index in [1.54, 1.807) is 35.2 Å². The SMILES string of the molecule is COc1cc(NS(=O)(=O)c2cc(C)c(C)cc2OC)ccc1N1CCCC1=O. The minimum atomic E-state index is -3.87. The molecule has 0 bridgehead atoms. The van der Waals surface area contributed by atoms with E-state index in [1.807, 2.05) is 13.8 Å². The van der Waals surface area contributed by atoms with Crippen molar-refractivity contribution in [3.63, 3.8) is 0 Å². The van der Waals surface area contributed by atoms with E-state index in [2.05, 4.69) is 4.72 Å². The highest BCUT2D eigenvalue weighted by Crippen LogP contribution is 2.35. The number of aryl methyl sites for hydroxylation is 2. The topological polar surface area (TPSA) is 84.9 Å². The van der Waals surface area contributed by atoms with Crippen molar-refractivity contribution in [2.75, 3.05) is 30.4 Å². The van der Waals surface area contributed by atoms with Gasteiger partial charge in [0.15, 0.2) is 0 Å². The second-order valence-corrected chi connectivity index (χ2v) is 8.38. The third-order valence-electron chi connectivity index (χ3n) is 4.87. The molecule has 28 heavy (non-hydrogen) atoms. The molecule has 0 spiro atoms. The molecule has 3 rings (SSSR count). The number of rotatable bonds is 6. The molecule has 0 unspecified atom stereocenters. The normalized spacial score (nSPS) is 14.3. The maximum Gasteiger partial charge on any atom is 0.265 e. The van der Waals surface area contributed by atoms with Crippen LogP contribution in [0.3, 0.4) is 0 Å². The molecule has 1 saturated heterocycles. The molecule has 2 aromatic carbocycles. The smallest absolute Gasteiger partial charge is 0.265 e. The highest BCUT2D eigenvalue weighted by Gasteiger charge is 2.26. The molecule has 8 heteroatoms. The Kier molecular flexibility index (Phi) is 5.51. The summed E-state index contributed by atoms with van der Waals surface area (Å²) in [4.78, 5) is 13.7. The number of amides is 1. The van der Waals surface area contributed by atoms with Crippen LogP contribution in [-0.2, 0) is 14.8 Å². The fourth-order valence-corrected chi connectivity index (χ4v) is 4.50. The Morgan fingerprint density at radius 3 is 2.29 bits per heavy atom. The van der Waals surface area contributed by atoms with E-state index in [9.17, 15) is 13.2 Å². The maximum absolute atomic E-state index is 12.9. The van der Waals surface area contributed by atoms with E-state index in [0.717, 1.165) is 17.5 Å². The van der Waals surface area contributed by atoms with Gasteiger partial charge in [0, 0.05) is 19.0 Å². The second-order valence-electron chi connectivity index (χ2n) is 6.73. The van der Waals surface area contributed by atoms with E-state index < -0.39 is 10.0 Å². The van der Waals surface area contributed by atoms with E-state index in [1.165, 1.54) is 14.2 Å². The zero-order valence-corrected chi connectivity index (χ0v) is 17.2. The first-order chi connectivity index (χ1) is 13.3. The van der Waals surface area contributed by atoms with Crippen LogP contribution in [-0.4, -0.2) is 35.1 Å². The van der Waals surface area contributed by atoms with E-state index in [-0.39, 0.29) is 16.6 Å². The fraction of sp³-hybridized carbons (Fsp3) is 0.350. The molecule has 1 aliphatic rings. The molecule has 0 saturated carbocycles. The van der Waals surface area contributed by atoms with Gasteiger partial charge in [0.25, 0.3) is 10.0 Å². The second kappa shape index (κ2) is 7.71.